The zero-order chi connectivity index (χ0) is 18.4. The lowest BCUT2D eigenvalue weighted by atomic mass is 9.96. The minimum absolute atomic E-state index is 0.0973. The number of benzene rings is 3. The molecule has 0 aromatic heterocycles. The van der Waals surface area contributed by atoms with E-state index in [1.165, 1.54) is 0 Å². The molecular weight excluding hydrogens is 337 g/mol. The first-order chi connectivity index (χ1) is 12.6. The molecule has 3 aromatic carbocycles. The smallest absolute Gasteiger partial charge is 0.205 e. The van der Waals surface area contributed by atoms with E-state index in [9.17, 15) is 4.57 Å². The van der Waals surface area contributed by atoms with Crippen molar-refractivity contribution in [2.24, 2.45) is 5.92 Å². The van der Waals surface area contributed by atoms with Crippen LogP contribution in [0.4, 0.5) is 0 Å². The van der Waals surface area contributed by atoms with Crippen LogP contribution in [0.3, 0.4) is 0 Å². The molecule has 2 atom stereocenters. The molecule has 2 nitrogen and oxygen atoms in total. The van der Waals surface area contributed by atoms with Gasteiger partial charge in [0.25, 0.3) is 0 Å². The van der Waals surface area contributed by atoms with Gasteiger partial charge in [0.2, 0.25) is 7.29 Å². The largest absolute Gasteiger partial charge is 0.297 e. The van der Waals surface area contributed by atoms with E-state index in [0.29, 0.717) is 0 Å². The molecule has 132 valence electrons. The SMILES string of the molecule is C=C[C@@H](C)[C@@H](NP(=O)(c1ccccc1)c1ccccc1)c1ccccc1. The normalized spacial score (nSPS) is 13.7. The first-order valence-corrected chi connectivity index (χ1v) is 10.5. The summed E-state index contributed by atoms with van der Waals surface area (Å²) in [6.07, 6.45) is 1.91. The van der Waals surface area contributed by atoms with Crippen LogP contribution >= 0.6 is 7.29 Å². The molecule has 0 unspecified atom stereocenters. The Bertz CT molecular complexity index is 834. The highest BCUT2D eigenvalue weighted by molar-refractivity contribution is 7.76. The lowest BCUT2D eigenvalue weighted by Crippen LogP contribution is -2.33. The van der Waals surface area contributed by atoms with Crippen LogP contribution in [-0.4, -0.2) is 0 Å². The van der Waals surface area contributed by atoms with E-state index in [-0.39, 0.29) is 12.0 Å². The predicted octanol–water partition coefficient (Wildman–Crippen LogP) is 5.07. The molecule has 0 amide bonds. The predicted molar refractivity (Wildman–Crippen MR) is 111 cm³/mol. The van der Waals surface area contributed by atoms with E-state index in [1.807, 2.05) is 84.9 Å². The van der Waals surface area contributed by atoms with E-state index < -0.39 is 7.29 Å². The van der Waals surface area contributed by atoms with Crippen LogP contribution in [0, 0.1) is 5.92 Å². The van der Waals surface area contributed by atoms with Crippen molar-refractivity contribution < 1.29 is 4.57 Å². The second-order valence-corrected chi connectivity index (χ2v) is 8.90. The van der Waals surface area contributed by atoms with E-state index in [4.69, 9.17) is 0 Å². The standard InChI is InChI=1S/C23H24NOP/c1-3-19(2)23(20-13-7-4-8-14-20)24-26(25,21-15-9-5-10-16-21)22-17-11-6-12-18-22/h3-19,23H,1H2,2H3,(H,24,25)/t19-,23-/m1/s1. The van der Waals surface area contributed by atoms with Crippen molar-refractivity contribution in [2.75, 3.05) is 0 Å². The zero-order valence-corrected chi connectivity index (χ0v) is 15.8. The summed E-state index contributed by atoms with van der Waals surface area (Å²) in [5.41, 5.74) is 1.10. The fraction of sp³-hybridized carbons (Fsp3) is 0.130. The Hall–Kier alpha value is -2.41. The molecule has 0 aliphatic rings. The average molecular weight is 361 g/mol. The lowest BCUT2D eigenvalue weighted by molar-refractivity contribution is 0.505. The first kappa shape index (κ1) is 18.4. The van der Waals surface area contributed by atoms with Gasteiger partial charge in [-0.25, -0.2) is 0 Å². The van der Waals surface area contributed by atoms with Crippen molar-refractivity contribution in [3.63, 3.8) is 0 Å². The van der Waals surface area contributed by atoms with Crippen LogP contribution in [0.2, 0.25) is 0 Å². The average Bonchev–Trinajstić information content (AvgIpc) is 2.73. The first-order valence-electron chi connectivity index (χ1n) is 8.82. The van der Waals surface area contributed by atoms with Gasteiger partial charge in [-0.2, -0.15) is 0 Å². The van der Waals surface area contributed by atoms with Gasteiger partial charge < -0.3 is 0 Å². The molecule has 0 aliphatic heterocycles. The molecule has 0 heterocycles. The highest BCUT2D eigenvalue weighted by Gasteiger charge is 2.32. The molecule has 26 heavy (non-hydrogen) atoms. The minimum Gasteiger partial charge on any atom is -0.297 e. The molecule has 0 saturated heterocycles. The van der Waals surface area contributed by atoms with Crippen molar-refractivity contribution in [3.05, 3.63) is 109 Å². The highest BCUT2D eigenvalue weighted by Crippen LogP contribution is 2.43. The Kier molecular flexibility index (Phi) is 5.88. The van der Waals surface area contributed by atoms with Crippen LogP contribution in [0.15, 0.2) is 104 Å². The van der Waals surface area contributed by atoms with Crippen LogP contribution < -0.4 is 15.7 Å². The van der Waals surface area contributed by atoms with Crippen molar-refractivity contribution in [1.82, 2.24) is 5.09 Å². The summed E-state index contributed by atoms with van der Waals surface area (Å²) in [6.45, 7) is 6.05. The summed E-state index contributed by atoms with van der Waals surface area (Å²) in [5.74, 6) is 0.123. The molecule has 0 bridgehead atoms. The fourth-order valence-corrected chi connectivity index (χ4v) is 5.62. The molecule has 3 heteroatoms. The van der Waals surface area contributed by atoms with Gasteiger partial charge in [-0.05, 0) is 35.7 Å². The maximum atomic E-state index is 14.3. The fourth-order valence-electron chi connectivity index (χ4n) is 3.06. The number of nitrogens with one attached hydrogen (secondary N) is 1. The summed E-state index contributed by atoms with van der Waals surface area (Å²) in [4.78, 5) is 0. The molecule has 0 saturated carbocycles. The monoisotopic (exact) mass is 361 g/mol. The summed E-state index contributed by atoms with van der Waals surface area (Å²) >= 11 is 0. The van der Waals surface area contributed by atoms with Gasteiger partial charge >= 0.3 is 0 Å². The zero-order valence-electron chi connectivity index (χ0n) is 15.0. The maximum absolute atomic E-state index is 14.3. The Labute approximate surface area is 156 Å². The Balaban J connectivity index is 2.10. The van der Waals surface area contributed by atoms with E-state index in [1.54, 1.807) is 0 Å². The van der Waals surface area contributed by atoms with Gasteiger partial charge in [-0.1, -0.05) is 79.7 Å². The summed E-state index contributed by atoms with van der Waals surface area (Å²) in [5, 5.41) is 5.13. The van der Waals surface area contributed by atoms with Crippen LogP contribution in [0.25, 0.3) is 0 Å². The third-order valence-corrected chi connectivity index (χ3v) is 7.31. The van der Waals surface area contributed by atoms with Crippen LogP contribution in [0.5, 0.6) is 0 Å². The van der Waals surface area contributed by atoms with Gasteiger partial charge in [0, 0.05) is 16.7 Å². The highest BCUT2D eigenvalue weighted by atomic mass is 31.2. The molecule has 0 radical (unpaired) electrons. The summed E-state index contributed by atoms with van der Waals surface area (Å²) in [6, 6.07) is 29.4. The number of rotatable bonds is 7. The van der Waals surface area contributed by atoms with E-state index in [2.05, 4.69) is 30.7 Å². The third-order valence-electron chi connectivity index (χ3n) is 4.62. The van der Waals surface area contributed by atoms with E-state index in [0.717, 1.165) is 16.2 Å². The second-order valence-electron chi connectivity index (χ2n) is 6.39. The molecule has 0 aliphatic carbocycles. The summed E-state index contributed by atoms with van der Waals surface area (Å²) in [7, 11) is -3.01. The van der Waals surface area contributed by atoms with Gasteiger partial charge in [0.05, 0.1) is 0 Å². The van der Waals surface area contributed by atoms with Crippen molar-refractivity contribution in [2.45, 2.75) is 13.0 Å². The van der Waals surface area contributed by atoms with Crippen molar-refractivity contribution >= 4 is 17.9 Å². The number of hydrogen-bond donors (Lipinski definition) is 1. The molecule has 1 N–H and O–H groups in total. The maximum Gasteiger partial charge on any atom is 0.205 e. The van der Waals surface area contributed by atoms with Gasteiger partial charge in [-0.15, -0.1) is 6.58 Å². The van der Waals surface area contributed by atoms with E-state index >= 15 is 0 Å². The van der Waals surface area contributed by atoms with Crippen LogP contribution in [-0.2, 0) is 4.57 Å². The Morgan fingerprint density at radius 1 is 0.808 bits per heavy atom. The van der Waals surface area contributed by atoms with Crippen molar-refractivity contribution in [3.8, 4) is 0 Å². The molecule has 3 rings (SSSR count). The molecular formula is C23H24NOP. The van der Waals surface area contributed by atoms with Gasteiger partial charge in [-0.3, -0.25) is 9.65 Å². The third kappa shape index (κ3) is 3.88. The Morgan fingerprint density at radius 3 is 1.65 bits per heavy atom. The topological polar surface area (TPSA) is 29.1 Å². The second kappa shape index (κ2) is 8.31. The lowest BCUT2D eigenvalue weighted by Gasteiger charge is -2.30. The quantitative estimate of drug-likeness (QED) is 0.470. The van der Waals surface area contributed by atoms with Crippen LogP contribution in [0.1, 0.15) is 18.5 Å². The van der Waals surface area contributed by atoms with Gasteiger partial charge in [0.1, 0.15) is 0 Å². The minimum atomic E-state index is -3.01. The molecule has 3 aromatic rings. The van der Waals surface area contributed by atoms with Crippen molar-refractivity contribution in [1.29, 1.82) is 0 Å². The molecule has 0 spiro atoms. The molecule has 0 fully saturated rings. The Morgan fingerprint density at radius 2 is 1.23 bits per heavy atom. The van der Waals surface area contributed by atoms with Gasteiger partial charge in [0.15, 0.2) is 0 Å². The number of hydrogen-bond acceptors (Lipinski definition) is 1. The summed E-state index contributed by atoms with van der Waals surface area (Å²) < 4.78 is 14.3.